The summed E-state index contributed by atoms with van der Waals surface area (Å²) in [4.78, 5) is 6.23. The lowest BCUT2D eigenvalue weighted by Gasteiger charge is -2.05. The zero-order valence-corrected chi connectivity index (χ0v) is 6.15. The van der Waals surface area contributed by atoms with Gasteiger partial charge in [-0.3, -0.25) is 0 Å². The quantitative estimate of drug-likeness (QED) is 0.570. The molecule has 0 radical (unpaired) electrons. The van der Waals surface area contributed by atoms with Gasteiger partial charge in [-0.1, -0.05) is 0 Å². The van der Waals surface area contributed by atoms with E-state index in [1.54, 1.807) is 0 Å². The molecule has 1 aromatic heterocycles. The average molecular weight is 192 g/mol. The molecule has 0 atom stereocenters. The molecule has 0 aliphatic rings. The molecule has 1 rings (SSSR count). The van der Waals surface area contributed by atoms with Crippen LogP contribution in [0, 0.1) is 0 Å². The molecule has 0 saturated heterocycles. The van der Waals surface area contributed by atoms with E-state index in [0.717, 1.165) is 0 Å². The van der Waals surface area contributed by atoms with Crippen LogP contribution in [0.25, 0.3) is 0 Å². The van der Waals surface area contributed by atoms with Gasteiger partial charge in [0.25, 0.3) is 0 Å². The van der Waals surface area contributed by atoms with Gasteiger partial charge in [-0.25, -0.2) is 9.97 Å². The summed E-state index contributed by atoms with van der Waals surface area (Å²) in [5.41, 5.74) is -1.50. The molecule has 70 valence electrons. The summed E-state index contributed by atoms with van der Waals surface area (Å²) in [6.07, 6.45) is -3.54. The number of aromatic nitrogens is 2. The van der Waals surface area contributed by atoms with Crippen LogP contribution in [0.5, 0.6) is 0 Å². The van der Waals surface area contributed by atoms with Crippen molar-refractivity contribution in [3.8, 4) is 0 Å². The normalized spacial score (nSPS) is 11.5. The van der Waals surface area contributed by atoms with Crippen molar-refractivity contribution in [1.29, 1.82) is 0 Å². The Hall–Kier alpha value is -1.15. The summed E-state index contributed by atoms with van der Waals surface area (Å²) in [7, 11) is -1.96. The molecule has 0 bridgehead atoms. The second-order valence-corrected chi connectivity index (χ2v) is 2.20. The molecule has 0 aliphatic carbocycles. The Labute approximate surface area is 71.2 Å². The van der Waals surface area contributed by atoms with Gasteiger partial charge in [0, 0.05) is 12.4 Å². The molecule has 0 unspecified atom stereocenters. The standard InChI is InChI=1S/C5H4BF3N2O2/c7-5(8,9)3-1-10-4(6(12)13)11-2-3/h1-2,12-13H. The summed E-state index contributed by atoms with van der Waals surface area (Å²) in [5, 5.41) is 16.9. The van der Waals surface area contributed by atoms with Crippen molar-refractivity contribution in [2.75, 3.05) is 0 Å². The Morgan fingerprint density at radius 2 is 1.62 bits per heavy atom. The van der Waals surface area contributed by atoms with Crippen LogP contribution < -0.4 is 5.72 Å². The third-order valence-electron chi connectivity index (χ3n) is 1.23. The number of alkyl halides is 3. The van der Waals surface area contributed by atoms with E-state index in [9.17, 15) is 13.2 Å². The van der Waals surface area contributed by atoms with Crippen molar-refractivity contribution < 1.29 is 23.2 Å². The van der Waals surface area contributed by atoms with Crippen LogP contribution in [0.4, 0.5) is 13.2 Å². The molecule has 2 N–H and O–H groups in total. The summed E-state index contributed by atoms with van der Waals surface area (Å²) in [6.45, 7) is 0. The molecule has 1 heterocycles. The van der Waals surface area contributed by atoms with Gasteiger partial charge in [-0.05, 0) is 0 Å². The highest BCUT2D eigenvalue weighted by atomic mass is 19.4. The first-order valence-electron chi connectivity index (χ1n) is 3.16. The van der Waals surface area contributed by atoms with Crippen LogP contribution in [0.2, 0.25) is 0 Å². The van der Waals surface area contributed by atoms with E-state index < -0.39 is 24.6 Å². The molecular formula is C5H4BF3N2O2. The van der Waals surface area contributed by atoms with Crippen molar-refractivity contribution in [1.82, 2.24) is 9.97 Å². The number of halogens is 3. The molecule has 0 amide bonds. The molecule has 4 nitrogen and oxygen atoms in total. The highest BCUT2D eigenvalue weighted by Gasteiger charge is 2.31. The van der Waals surface area contributed by atoms with Crippen LogP contribution in [0.1, 0.15) is 5.56 Å². The zero-order chi connectivity index (χ0) is 10.1. The topological polar surface area (TPSA) is 66.2 Å². The molecular weight excluding hydrogens is 188 g/mol. The Morgan fingerprint density at radius 1 is 1.15 bits per heavy atom. The summed E-state index contributed by atoms with van der Waals surface area (Å²) < 4.78 is 35.7. The fourth-order valence-corrected chi connectivity index (χ4v) is 0.618. The number of rotatable bonds is 1. The minimum absolute atomic E-state index is 0.465. The molecule has 0 aromatic carbocycles. The Balaban J connectivity index is 2.94. The fraction of sp³-hybridized carbons (Fsp3) is 0.200. The largest absolute Gasteiger partial charge is 0.528 e. The first-order chi connectivity index (χ1) is 5.91. The van der Waals surface area contributed by atoms with E-state index in [0.29, 0.717) is 12.4 Å². The van der Waals surface area contributed by atoms with Crippen LogP contribution in [-0.4, -0.2) is 27.1 Å². The van der Waals surface area contributed by atoms with Crippen LogP contribution in [0.15, 0.2) is 12.4 Å². The molecule has 0 saturated carbocycles. The van der Waals surface area contributed by atoms with Gasteiger partial charge >= 0.3 is 13.3 Å². The van der Waals surface area contributed by atoms with E-state index in [2.05, 4.69) is 9.97 Å². The molecule has 1 aromatic rings. The molecule has 13 heavy (non-hydrogen) atoms. The van der Waals surface area contributed by atoms with Crippen molar-refractivity contribution >= 4 is 12.8 Å². The third kappa shape index (κ3) is 2.39. The van der Waals surface area contributed by atoms with Gasteiger partial charge < -0.3 is 10.0 Å². The van der Waals surface area contributed by atoms with Gasteiger partial charge in [0.1, 0.15) is 0 Å². The molecule has 0 spiro atoms. The van der Waals surface area contributed by atoms with E-state index in [1.807, 2.05) is 0 Å². The number of nitrogens with zero attached hydrogens (tertiary/aromatic N) is 2. The highest BCUT2D eigenvalue weighted by molar-refractivity contribution is 6.56. The Kier molecular flexibility index (Phi) is 2.53. The minimum Gasteiger partial charge on any atom is -0.421 e. The van der Waals surface area contributed by atoms with E-state index in [4.69, 9.17) is 10.0 Å². The maximum atomic E-state index is 11.9. The van der Waals surface area contributed by atoms with Gasteiger partial charge in [0.05, 0.1) is 5.56 Å². The lowest BCUT2D eigenvalue weighted by Crippen LogP contribution is -2.35. The molecule has 0 aliphatic heterocycles. The smallest absolute Gasteiger partial charge is 0.421 e. The maximum Gasteiger partial charge on any atom is 0.528 e. The first kappa shape index (κ1) is 9.94. The highest BCUT2D eigenvalue weighted by Crippen LogP contribution is 2.27. The predicted molar refractivity (Wildman–Crippen MR) is 36.9 cm³/mol. The second-order valence-electron chi connectivity index (χ2n) is 2.20. The summed E-state index contributed by atoms with van der Waals surface area (Å²) >= 11 is 0. The molecule has 0 fully saturated rings. The molecule has 8 heteroatoms. The average Bonchev–Trinajstić information content (AvgIpc) is 2.03. The lowest BCUT2D eigenvalue weighted by atomic mass is 9.91. The van der Waals surface area contributed by atoms with Gasteiger partial charge in [-0.2, -0.15) is 13.2 Å². The SMILES string of the molecule is OB(O)c1ncc(C(F)(F)F)cn1. The van der Waals surface area contributed by atoms with Crippen LogP contribution in [0.3, 0.4) is 0 Å². The minimum atomic E-state index is -4.51. The lowest BCUT2D eigenvalue weighted by molar-refractivity contribution is -0.138. The van der Waals surface area contributed by atoms with Crippen molar-refractivity contribution in [3.05, 3.63) is 18.0 Å². The number of hydrogen-bond donors (Lipinski definition) is 2. The Morgan fingerprint density at radius 3 is 1.92 bits per heavy atom. The predicted octanol–water partition coefficient (Wildman–Crippen LogP) is -0.825. The van der Waals surface area contributed by atoms with Crippen LogP contribution >= 0.6 is 0 Å². The van der Waals surface area contributed by atoms with Gasteiger partial charge in [0.2, 0.25) is 0 Å². The van der Waals surface area contributed by atoms with Crippen molar-refractivity contribution in [2.24, 2.45) is 0 Å². The van der Waals surface area contributed by atoms with Crippen molar-refractivity contribution in [2.45, 2.75) is 6.18 Å². The van der Waals surface area contributed by atoms with E-state index in [1.165, 1.54) is 0 Å². The maximum absolute atomic E-state index is 11.9. The summed E-state index contributed by atoms with van der Waals surface area (Å²) in [5.74, 6) is 0. The zero-order valence-electron chi connectivity index (χ0n) is 6.15. The fourth-order valence-electron chi connectivity index (χ4n) is 0.618. The monoisotopic (exact) mass is 192 g/mol. The number of hydrogen-bond acceptors (Lipinski definition) is 4. The van der Waals surface area contributed by atoms with Crippen LogP contribution in [-0.2, 0) is 6.18 Å². The Bertz CT molecular complexity index is 287. The van der Waals surface area contributed by atoms with Gasteiger partial charge in [-0.15, -0.1) is 0 Å². The first-order valence-corrected chi connectivity index (χ1v) is 3.16. The van der Waals surface area contributed by atoms with Gasteiger partial charge in [0.15, 0.2) is 5.72 Å². The second kappa shape index (κ2) is 3.31. The third-order valence-corrected chi connectivity index (χ3v) is 1.23. The van der Waals surface area contributed by atoms with Crippen molar-refractivity contribution in [3.63, 3.8) is 0 Å². The summed E-state index contributed by atoms with van der Waals surface area (Å²) in [6, 6.07) is 0. The van der Waals surface area contributed by atoms with E-state index in [-0.39, 0.29) is 0 Å². The van der Waals surface area contributed by atoms with E-state index >= 15 is 0 Å².